The maximum Gasteiger partial charge on any atom is 0.263 e. The minimum Gasteiger partial charge on any atom is -0.276 e. The lowest BCUT2D eigenvalue weighted by Gasteiger charge is -2.00. The van der Waals surface area contributed by atoms with E-state index in [0.717, 1.165) is 26.6 Å². The number of benzene rings is 2. The highest BCUT2D eigenvalue weighted by Crippen LogP contribution is 2.38. The Morgan fingerprint density at radius 2 is 1.84 bits per heavy atom. The molecule has 4 heteroatoms. The van der Waals surface area contributed by atoms with Crippen LogP contribution in [0.15, 0.2) is 46.9 Å². The Balaban J connectivity index is 2.14. The second-order valence-electron chi connectivity index (χ2n) is 4.56. The molecule has 1 aromatic heterocycles. The van der Waals surface area contributed by atoms with E-state index < -0.39 is 0 Å². The van der Waals surface area contributed by atoms with Gasteiger partial charge in [-0.05, 0) is 36.4 Å². The molecule has 0 saturated heterocycles. The molecule has 0 saturated carbocycles. The molecule has 0 atom stereocenters. The van der Waals surface area contributed by atoms with Crippen LogP contribution in [0.25, 0.3) is 22.2 Å². The van der Waals surface area contributed by atoms with Gasteiger partial charge in [0.15, 0.2) is 0 Å². The summed E-state index contributed by atoms with van der Waals surface area (Å²) >= 11 is 9.48. The Morgan fingerprint density at radius 3 is 2.68 bits per heavy atom. The van der Waals surface area contributed by atoms with Crippen LogP contribution in [0.4, 0.5) is 0 Å². The van der Waals surface area contributed by atoms with Gasteiger partial charge in [0.25, 0.3) is 5.91 Å². The van der Waals surface area contributed by atoms with E-state index in [0.29, 0.717) is 10.6 Å². The van der Waals surface area contributed by atoms with E-state index in [1.54, 1.807) is 16.7 Å². The molecule has 0 aliphatic carbocycles. The molecule has 2 heterocycles. The fourth-order valence-corrected chi connectivity index (χ4v) is 3.15. The number of halogens is 2. The monoisotopic (exact) mass is 331 g/mol. The molecule has 1 aliphatic heterocycles. The summed E-state index contributed by atoms with van der Waals surface area (Å²) in [4.78, 5) is 12.5. The van der Waals surface area contributed by atoms with Crippen molar-refractivity contribution in [2.24, 2.45) is 0 Å². The largest absolute Gasteiger partial charge is 0.276 e. The van der Waals surface area contributed by atoms with E-state index in [-0.39, 0.29) is 5.91 Å². The summed E-state index contributed by atoms with van der Waals surface area (Å²) in [5.41, 5.74) is 3.45. The molecule has 0 bridgehead atoms. The van der Waals surface area contributed by atoms with Gasteiger partial charge in [-0.25, -0.2) is 0 Å². The van der Waals surface area contributed by atoms with Gasteiger partial charge >= 0.3 is 0 Å². The van der Waals surface area contributed by atoms with Crippen molar-refractivity contribution in [3.63, 3.8) is 0 Å². The Labute approximate surface area is 122 Å². The lowest BCUT2D eigenvalue weighted by Crippen LogP contribution is -2.05. The van der Waals surface area contributed by atoms with Gasteiger partial charge in [-0.2, -0.15) is 0 Å². The number of hydrogen-bond acceptors (Lipinski definition) is 1. The van der Waals surface area contributed by atoms with E-state index in [1.807, 2.05) is 30.3 Å². The van der Waals surface area contributed by atoms with Crippen LogP contribution < -0.4 is 0 Å². The fourth-order valence-electron chi connectivity index (χ4n) is 2.63. The third-order valence-electron chi connectivity index (χ3n) is 3.46. The van der Waals surface area contributed by atoms with Crippen LogP contribution in [-0.4, -0.2) is 10.5 Å². The molecule has 2 nitrogen and oxygen atoms in total. The Kier molecular flexibility index (Phi) is 2.20. The van der Waals surface area contributed by atoms with Crippen LogP contribution in [0.3, 0.4) is 0 Å². The third-order valence-corrected chi connectivity index (χ3v) is 4.19. The number of fused-ring (bicyclic) bond motifs is 5. The summed E-state index contributed by atoms with van der Waals surface area (Å²) in [6, 6.07) is 13.4. The first-order valence-corrected chi connectivity index (χ1v) is 6.98. The highest BCUT2D eigenvalue weighted by Gasteiger charge is 2.28. The Bertz CT molecular complexity index is 866. The van der Waals surface area contributed by atoms with Crippen molar-refractivity contribution in [2.75, 3.05) is 0 Å². The number of rotatable bonds is 0. The van der Waals surface area contributed by atoms with E-state index in [4.69, 9.17) is 11.6 Å². The lowest BCUT2D eigenvalue weighted by molar-refractivity contribution is 0.0973. The second kappa shape index (κ2) is 3.71. The maximum atomic E-state index is 12.5. The predicted octanol–water partition coefficient (Wildman–Crippen LogP) is 4.73. The highest BCUT2D eigenvalue weighted by molar-refractivity contribution is 9.10. The van der Waals surface area contributed by atoms with Crippen molar-refractivity contribution >= 4 is 44.3 Å². The van der Waals surface area contributed by atoms with E-state index in [2.05, 4.69) is 15.9 Å². The third kappa shape index (κ3) is 1.46. The Hall–Kier alpha value is -1.58. The molecule has 2 aromatic carbocycles. The molecule has 3 aromatic rings. The first-order valence-electron chi connectivity index (χ1n) is 5.81. The van der Waals surface area contributed by atoms with Crippen LogP contribution in [-0.2, 0) is 0 Å². The fraction of sp³-hybridized carbons (Fsp3) is 0. The maximum absolute atomic E-state index is 12.5. The van der Waals surface area contributed by atoms with Gasteiger partial charge in [-0.15, -0.1) is 0 Å². The van der Waals surface area contributed by atoms with Crippen molar-refractivity contribution in [2.45, 2.75) is 0 Å². The zero-order valence-electron chi connectivity index (χ0n) is 9.65. The van der Waals surface area contributed by atoms with E-state index in [1.165, 1.54) is 0 Å². The van der Waals surface area contributed by atoms with Crippen molar-refractivity contribution in [1.29, 1.82) is 0 Å². The zero-order chi connectivity index (χ0) is 13.1. The van der Waals surface area contributed by atoms with Gasteiger partial charge < -0.3 is 0 Å². The molecule has 0 fully saturated rings. The zero-order valence-corrected chi connectivity index (χ0v) is 12.0. The van der Waals surface area contributed by atoms with Crippen LogP contribution in [0.2, 0.25) is 5.02 Å². The van der Waals surface area contributed by atoms with Crippen LogP contribution in [0, 0.1) is 0 Å². The van der Waals surface area contributed by atoms with Crippen LogP contribution in [0.1, 0.15) is 10.4 Å². The smallest absolute Gasteiger partial charge is 0.263 e. The summed E-state index contributed by atoms with van der Waals surface area (Å²) < 4.78 is 2.71. The minimum absolute atomic E-state index is 0.00904. The molecule has 0 amide bonds. The standard InChI is InChI=1S/C15H7BrClNO/c16-9-2-1-8-5-14-12-7-10(17)3-4-11(12)15(19)18(14)13(8)6-9/h1-7H. The van der Waals surface area contributed by atoms with Gasteiger partial charge in [0.1, 0.15) is 0 Å². The molecule has 1 aliphatic rings. The topological polar surface area (TPSA) is 22.0 Å². The number of hydrogen-bond donors (Lipinski definition) is 0. The molecule has 0 spiro atoms. The summed E-state index contributed by atoms with van der Waals surface area (Å²) in [5, 5.41) is 1.70. The molecule has 0 unspecified atom stereocenters. The molecular weight excluding hydrogens is 326 g/mol. The second-order valence-corrected chi connectivity index (χ2v) is 5.92. The number of carbonyl (C=O) groups excluding carboxylic acids is 1. The molecular formula is C15H7BrClNO. The molecule has 0 N–H and O–H groups in total. The number of nitrogens with zero attached hydrogens (tertiary/aromatic N) is 1. The molecule has 4 rings (SSSR count). The number of aromatic nitrogens is 1. The summed E-state index contributed by atoms with van der Waals surface area (Å²) in [7, 11) is 0. The first kappa shape index (κ1) is 11.3. The molecule has 0 radical (unpaired) electrons. The van der Waals surface area contributed by atoms with Gasteiger partial charge in [-0.1, -0.05) is 33.6 Å². The van der Waals surface area contributed by atoms with Gasteiger partial charge in [0.2, 0.25) is 0 Å². The highest BCUT2D eigenvalue weighted by atomic mass is 79.9. The average Bonchev–Trinajstić information content (AvgIpc) is 2.87. The summed E-state index contributed by atoms with van der Waals surface area (Å²) in [6.07, 6.45) is 0. The van der Waals surface area contributed by atoms with Crippen LogP contribution >= 0.6 is 27.5 Å². The minimum atomic E-state index is 0.00904. The first-order chi connectivity index (χ1) is 9.15. The van der Waals surface area contributed by atoms with Gasteiger partial charge in [-0.3, -0.25) is 9.36 Å². The number of carbonyl (C=O) groups is 1. The Morgan fingerprint density at radius 1 is 1.00 bits per heavy atom. The van der Waals surface area contributed by atoms with E-state index >= 15 is 0 Å². The lowest BCUT2D eigenvalue weighted by atomic mass is 10.1. The van der Waals surface area contributed by atoms with Gasteiger partial charge in [0, 0.05) is 26.0 Å². The average molecular weight is 333 g/mol. The summed E-state index contributed by atoms with van der Waals surface area (Å²) in [5.74, 6) is 0.00904. The summed E-state index contributed by atoms with van der Waals surface area (Å²) in [6.45, 7) is 0. The van der Waals surface area contributed by atoms with Gasteiger partial charge in [0.05, 0.1) is 11.2 Å². The predicted molar refractivity (Wildman–Crippen MR) is 79.8 cm³/mol. The van der Waals surface area contributed by atoms with Crippen molar-refractivity contribution in [3.8, 4) is 11.3 Å². The quantitative estimate of drug-likeness (QED) is 0.456. The van der Waals surface area contributed by atoms with Crippen molar-refractivity contribution in [1.82, 2.24) is 4.57 Å². The van der Waals surface area contributed by atoms with Crippen molar-refractivity contribution in [3.05, 3.63) is 57.5 Å². The molecule has 92 valence electrons. The van der Waals surface area contributed by atoms with Crippen LogP contribution in [0.5, 0.6) is 0 Å². The van der Waals surface area contributed by atoms with E-state index in [9.17, 15) is 4.79 Å². The molecule has 19 heavy (non-hydrogen) atoms. The SMILES string of the molecule is O=C1c2ccc(Cl)cc2-c2cc3ccc(Br)cc3n21. The van der Waals surface area contributed by atoms with Crippen molar-refractivity contribution < 1.29 is 4.79 Å². The normalized spacial score (nSPS) is 12.8.